The van der Waals surface area contributed by atoms with Crippen LogP contribution in [0.2, 0.25) is 13.1 Å². The van der Waals surface area contributed by atoms with Crippen molar-refractivity contribution in [1.82, 2.24) is 0 Å². The van der Waals surface area contributed by atoms with Gasteiger partial charge in [-0.2, -0.15) is 0 Å². The minimum absolute atomic E-state index is 0.209. The minimum Gasteiger partial charge on any atom is -0.0705 e. The summed E-state index contributed by atoms with van der Waals surface area (Å²) in [6.45, 7) is 14.0. The second-order valence-electron chi connectivity index (χ2n) is 8.03. The highest BCUT2D eigenvalue weighted by molar-refractivity contribution is 6.58. The maximum absolute atomic E-state index is 2.42. The summed E-state index contributed by atoms with van der Waals surface area (Å²) in [6.07, 6.45) is 2.42. The van der Waals surface area contributed by atoms with Crippen molar-refractivity contribution in [2.75, 3.05) is 0 Å². The minimum atomic E-state index is -0.365. The monoisotopic (exact) mass is 319 g/mol. The SMILES string of the molecule is CC1=Cc2c(-c3ccc(C(C)(C)C)cc3)cccc2C1[Si](C)C. The molecule has 1 heteroatoms. The highest BCUT2D eigenvalue weighted by atomic mass is 28.3. The molecule has 0 spiro atoms. The lowest BCUT2D eigenvalue weighted by Gasteiger charge is -2.20. The van der Waals surface area contributed by atoms with Gasteiger partial charge in [-0.3, -0.25) is 0 Å². The molecule has 3 rings (SSSR count). The van der Waals surface area contributed by atoms with Crippen LogP contribution < -0.4 is 0 Å². The van der Waals surface area contributed by atoms with Crippen molar-refractivity contribution in [1.29, 1.82) is 0 Å². The fourth-order valence-corrected chi connectivity index (χ4v) is 5.59. The van der Waals surface area contributed by atoms with Crippen LogP contribution >= 0.6 is 0 Å². The normalized spacial score (nSPS) is 17.3. The summed E-state index contributed by atoms with van der Waals surface area (Å²) in [5.41, 5.74) is 9.52. The summed E-state index contributed by atoms with van der Waals surface area (Å²) in [4.78, 5) is 0. The molecule has 0 nitrogen and oxygen atoms in total. The van der Waals surface area contributed by atoms with E-state index in [1.165, 1.54) is 27.8 Å². The Hall–Kier alpha value is -1.60. The molecular formula is C22H27Si. The van der Waals surface area contributed by atoms with Gasteiger partial charge in [-0.25, -0.2) is 0 Å². The van der Waals surface area contributed by atoms with Gasteiger partial charge in [-0.15, -0.1) is 0 Å². The van der Waals surface area contributed by atoms with Crippen molar-refractivity contribution < 1.29 is 0 Å². The van der Waals surface area contributed by atoms with Crippen LogP contribution in [0.1, 0.15) is 49.9 Å². The third kappa shape index (κ3) is 2.95. The van der Waals surface area contributed by atoms with Gasteiger partial charge in [-0.1, -0.05) is 88.0 Å². The first kappa shape index (κ1) is 16.3. The van der Waals surface area contributed by atoms with E-state index in [1.54, 1.807) is 5.56 Å². The third-order valence-corrected chi connectivity index (χ3v) is 6.84. The summed E-state index contributed by atoms with van der Waals surface area (Å²) in [6, 6.07) is 16.0. The van der Waals surface area contributed by atoms with Crippen LogP contribution in [0, 0.1) is 0 Å². The lowest BCUT2D eigenvalue weighted by molar-refractivity contribution is 0.590. The van der Waals surface area contributed by atoms with Crippen LogP contribution in [-0.2, 0) is 5.41 Å². The van der Waals surface area contributed by atoms with Gasteiger partial charge >= 0.3 is 0 Å². The van der Waals surface area contributed by atoms with Crippen LogP contribution in [0.15, 0.2) is 48.0 Å². The number of rotatable bonds is 2. The number of fused-ring (bicyclic) bond motifs is 1. The van der Waals surface area contributed by atoms with Gasteiger partial charge in [0.25, 0.3) is 0 Å². The third-order valence-electron chi connectivity index (χ3n) is 4.92. The van der Waals surface area contributed by atoms with Crippen LogP contribution in [-0.4, -0.2) is 8.80 Å². The Labute approximate surface area is 142 Å². The average molecular weight is 320 g/mol. The first-order valence-electron chi connectivity index (χ1n) is 8.51. The zero-order valence-corrected chi connectivity index (χ0v) is 16.2. The molecule has 1 aliphatic carbocycles. The van der Waals surface area contributed by atoms with Gasteiger partial charge in [0.05, 0.1) is 8.80 Å². The van der Waals surface area contributed by atoms with E-state index in [0.29, 0.717) is 5.54 Å². The molecular weight excluding hydrogens is 292 g/mol. The Morgan fingerprint density at radius 3 is 2.13 bits per heavy atom. The molecule has 0 saturated carbocycles. The second kappa shape index (κ2) is 5.79. The summed E-state index contributed by atoms with van der Waals surface area (Å²) in [7, 11) is -0.365. The number of allylic oxidation sites excluding steroid dienone is 1. The number of benzene rings is 2. The lowest BCUT2D eigenvalue weighted by Crippen LogP contribution is -2.15. The molecule has 0 fully saturated rings. The molecule has 2 aromatic rings. The Kier molecular flexibility index (Phi) is 4.10. The van der Waals surface area contributed by atoms with Gasteiger partial charge in [0.1, 0.15) is 0 Å². The smallest absolute Gasteiger partial charge is 0.0551 e. The molecule has 1 aliphatic rings. The van der Waals surface area contributed by atoms with E-state index in [-0.39, 0.29) is 14.2 Å². The molecule has 2 aromatic carbocycles. The first-order valence-corrected chi connectivity index (χ1v) is 11.1. The van der Waals surface area contributed by atoms with E-state index in [4.69, 9.17) is 0 Å². The van der Waals surface area contributed by atoms with Gasteiger partial charge in [0.15, 0.2) is 0 Å². The predicted molar refractivity (Wildman–Crippen MR) is 104 cm³/mol. The van der Waals surface area contributed by atoms with Gasteiger partial charge in [0.2, 0.25) is 0 Å². The predicted octanol–water partition coefficient (Wildman–Crippen LogP) is 6.45. The number of hydrogen-bond donors (Lipinski definition) is 0. The van der Waals surface area contributed by atoms with E-state index in [0.717, 1.165) is 0 Å². The molecule has 1 radical (unpaired) electrons. The fraction of sp³-hybridized carbons (Fsp3) is 0.364. The van der Waals surface area contributed by atoms with E-state index in [1.807, 2.05) is 0 Å². The van der Waals surface area contributed by atoms with Crippen molar-refractivity contribution in [2.24, 2.45) is 0 Å². The standard InChI is InChI=1S/C22H27Si/c1-15-14-20-18(8-7-9-19(20)21(15)23(5)6)16-10-12-17(13-11-16)22(2,3)4/h7-14,21H,1-6H3. The zero-order valence-electron chi connectivity index (χ0n) is 15.2. The van der Waals surface area contributed by atoms with Crippen molar-refractivity contribution >= 4 is 14.9 Å². The van der Waals surface area contributed by atoms with Gasteiger partial charge in [0, 0.05) is 0 Å². The maximum Gasteiger partial charge on any atom is 0.0551 e. The Balaban J connectivity index is 2.07. The van der Waals surface area contributed by atoms with Crippen LogP contribution in [0.3, 0.4) is 0 Å². The van der Waals surface area contributed by atoms with E-state index >= 15 is 0 Å². The molecule has 1 atom stereocenters. The zero-order chi connectivity index (χ0) is 16.8. The topological polar surface area (TPSA) is 0 Å². The second-order valence-corrected chi connectivity index (χ2v) is 10.8. The highest BCUT2D eigenvalue weighted by Gasteiger charge is 2.27. The largest absolute Gasteiger partial charge is 0.0705 e. The summed E-state index contributed by atoms with van der Waals surface area (Å²) < 4.78 is 0. The fourth-order valence-electron chi connectivity index (χ4n) is 3.72. The first-order chi connectivity index (χ1) is 10.8. The number of hydrogen-bond acceptors (Lipinski definition) is 0. The molecule has 0 heterocycles. The molecule has 0 aromatic heterocycles. The van der Waals surface area contributed by atoms with E-state index in [9.17, 15) is 0 Å². The molecule has 0 amide bonds. The average Bonchev–Trinajstić information content (AvgIpc) is 2.82. The molecule has 0 aliphatic heterocycles. The van der Waals surface area contributed by atoms with Crippen LogP contribution in [0.5, 0.6) is 0 Å². The quantitative estimate of drug-likeness (QED) is 0.558. The molecule has 1 unspecified atom stereocenters. The summed E-state index contributed by atoms with van der Waals surface area (Å²) >= 11 is 0. The Morgan fingerprint density at radius 1 is 0.913 bits per heavy atom. The highest BCUT2D eigenvalue weighted by Crippen LogP contribution is 2.42. The molecule has 0 saturated heterocycles. The van der Waals surface area contributed by atoms with Crippen LogP contribution in [0.4, 0.5) is 0 Å². The van der Waals surface area contributed by atoms with Gasteiger partial charge in [-0.05, 0) is 45.7 Å². The van der Waals surface area contributed by atoms with E-state index in [2.05, 4.69) is 89.3 Å². The maximum atomic E-state index is 2.42. The van der Waals surface area contributed by atoms with Crippen molar-refractivity contribution in [2.45, 2.75) is 51.7 Å². The van der Waals surface area contributed by atoms with Gasteiger partial charge < -0.3 is 0 Å². The molecule has 119 valence electrons. The Morgan fingerprint density at radius 2 is 1.57 bits per heavy atom. The van der Waals surface area contributed by atoms with Crippen molar-refractivity contribution in [3.05, 3.63) is 64.7 Å². The molecule has 0 bridgehead atoms. The summed E-state index contributed by atoms with van der Waals surface area (Å²) in [5, 5.41) is 0. The summed E-state index contributed by atoms with van der Waals surface area (Å²) in [5.74, 6) is 0. The van der Waals surface area contributed by atoms with Crippen LogP contribution in [0.25, 0.3) is 17.2 Å². The lowest BCUT2D eigenvalue weighted by atomic mass is 9.86. The molecule has 23 heavy (non-hydrogen) atoms. The van der Waals surface area contributed by atoms with Crippen molar-refractivity contribution in [3.63, 3.8) is 0 Å². The molecule has 0 N–H and O–H groups in total. The Bertz CT molecular complexity index is 743. The van der Waals surface area contributed by atoms with Crippen molar-refractivity contribution in [3.8, 4) is 11.1 Å². The van der Waals surface area contributed by atoms with E-state index < -0.39 is 0 Å².